The van der Waals surface area contributed by atoms with Crippen molar-refractivity contribution in [2.24, 2.45) is 0 Å². The van der Waals surface area contributed by atoms with Crippen molar-refractivity contribution < 1.29 is 0 Å². The van der Waals surface area contributed by atoms with E-state index in [0.29, 0.717) is 6.04 Å². The molecule has 1 unspecified atom stereocenters. The first-order valence-corrected chi connectivity index (χ1v) is 6.59. The number of likely N-dealkylation sites (tertiary alicyclic amines) is 1. The van der Waals surface area contributed by atoms with Crippen LogP contribution in [0.1, 0.15) is 37.8 Å². The van der Waals surface area contributed by atoms with Crippen molar-refractivity contribution in [2.75, 3.05) is 32.1 Å². The van der Waals surface area contributed by atoms with Gasteiger partial charge in [-0.1, -0.05) is 13.0 Å². The lowest BCUT2D eigenvalue weighted by atomic mass is 10.1. The molecule has 3 nitrogen and oxygen atoms in total. The Morgan fingerprint density at radius 1 is 1.41 bits per heavy atom. The van der Waals surface area contributed by atoms with Gasteiger partial charge in [-0.2, -0.15) is 0 Å². The van der Waals surface area contributed by atoms with Crippen LogP contribution in [0.25, 0.3) is 0 Å². The largest absolute Gasteiger partial charge is 0.363 e. The molecule has 1 aliphatic rings. The van der Waals surface area contributed by atoms with Gasteiger partial charge >= 0.3 is 0 Å². The maximum atomic E-state index is 4.52. The first-order chi connectivity index (χ1) is 8.22. The first-order valence-electron chi connectivity index (χ1n) is 6.59. The Bertz CT molecular complexity index is 345. The number of hydrogen-bond acceptors (Lipinski definition) is 3. The zero-order valence-electron chi connectivity index (χ0n) is 11.2. The Labute approximate surface area is 104 Å². The molecule has 2 rings (SSSR count). The lowest BCUT2D eigenvalue weighted by Gasteiger charge is -2.24. The van der Waals surface area contributed by atoms with Crippen molar-refractivity contribution in [1.82, 2.24) is 9.88 Å². The second-order valence-corrected chi connectivity index (χ2v) is 5.04. The summed E-state index contributed by atoms with van der Waals surface area (Å²) in [5.74, 6) is 1.04. The summed E-state index contributed by atoms with van der Waals surface area (Å²) in [4.78, 5) is 9.15. The number of rotatable bonds is 4. The molecule has 94 valence electrons. The summed E-state index contributed by atoms with van der Waals surface area (Å²) in [6.07, 6.45) is 5.89. The molecule has 0 N–H and O–H groups in total. The van der Waals surface area contributed by atoms with E-state index in [4.69, 9.17) is 0 Å². The summed E-state index contributed by atoms with van der Waals surface area (Å²) < 4.78 is 0. The molecule has 0 radical (unpaired) electrons. The highest BCUT2D eigenvalue weighted by atomic mass is 15.2. The molecule has 1 aromatic heterocycles. The lowest BCUT2D eigenvalue weighted by Crippen LogP contribution is -2.24. The SMILES string of the molecule is CCCN1CCCC1c1ccc(N(C)C)nc1. The molecule has 1 atom stereocenters. The van der Waals surface area contributed by atoms with Crippen molar-refractivity contribution in [3.8, 4) is 0 Å². The molecule has 1 saturated heterocycles. The maximum absolute atomic E-state index is 4.52. The molecule has 0 saturated carbocycles. The topological polar surface area (TPSA) is 19.4 Å². The third-order valence-corrected chi connectivity index (χ3v) is 3.49. The van der Waals surface area contributed by atoms with E-state index < -0.39 is 0 Å². The Kier molecular flexibility index (Phi) is 4.00. The van der Waals surface area contributed by atoms with Crippen LogP contribution in [0, 0.1) is 0 Å². The third-order valence-electron chi connectivity index (χ3n) is 3.49. The quantitative estimate of drug-likeness (QED) is 0.797. The second kappa shape index (κ2) is 5.50. The van der Waals surface area contributed by atoms with Crippen LogP contribution in [0.15, 0.2) is 18.3 Å². The van der Waals surface area contributed by atoms with E-state index in [1.54, 1.807) is 0 Å². The monoisotopic (exact) mass is 233 g/mol. The zero-order valence-corrected chi connectivity index (χ0v) is 11.2. The van der Waals surface area contributed by atoms with Gasteiger partial charge in [0.25, 0.3) is 0 Å². The van der Waals surface area contributed by atoms with Crippen LogP contribution in [0.5, 0.6) is 0 Å². The molecule has 17 heavy (non-hydrogen) atoms. The van der Waals surface area contributed by atoms with Crippen LogP contribution in [0.4, 0.5) is 5.82 Å². The van der Waals surface area contributed by atoms with Crippen molar-refractivity contribution in [2.45, 2.75) is 32.2 Å². The fourth-order valence-corrected chi connectivity index (χ4v) is 2.62. The third kappa shape index (κ3) is 2.78. The Morgan fingerprint density at radius 3 is 2.82 bits per heavy atom. The van der Waals surface area contributed by atoms with E-state index in [1.807, 2.05) is 25.2 Å². The maximum Gasteiger partial charge on any atom is 0.127 e. The van der Waals surface area contributed by atoms with Gasteiger partial charge < -0.3 is 4.90 Å². The zero-order chi connectivity index (χ0) is 12.3. The molecule has 0 bridgehead atoms. The first kappa shape index (κ1) is 12.4. The fourth-order valence-electron chi connectivity index (χ4n) is 2.62. The predicted octanol–water partition coefficient (Wildman–Crippen LogP) is 2.69. The van der Waals surface area contributed by atoms with E-state index in [2.05, 4.69) is 28.9 Å². The Morgan fingerprint density at radius 2 is 2.24 bits per heavy atom. The van der Waals surface area contributed by atoms with Crippen molar-refractivity contribution in [1.29, 1.82) is 0 Å². The van der Waals surface area contributed by atoms with E-state index in [1.165, 1.54) is 37.9 Å². The standard InChI is InChI=1S/C14H23N3/c1-4-9-17-10-5-6-13(17)12-7-8-14(15-11-12)16(2)3/h7-8,11,13H,4-6,9-10H2,1-3H3. The average Bonchev–Trinajstić information content (AvgIpc) is 2.78. The van der Waals surface area contributed by atoms with Crippen molar-refractivity contribution >= 4 is 5.82 Å². The van der Waals surface area contributed by atoms with E-state index >= 15 is 0 Å². The molecule has 0 aliphatic carbocycles. The van der Waals surface area contributed by atoms with Crippen LogP contribution in [-0.2, 0) is 0 Å². The van der Waals surface area contributed by atoms with Gasteiger partial charge in [-0.25, -0.2) is 4.98 Å². The van der Waals surface area contributed by atoms with Gasteiger partial charge in [0, 0.05) is 26.3 Å². The summed E-state index contributed by atoms with van der Waals surface area (Å²) in [5.41, 5.74) is 1.38. The molecule has 0 aromatic carbocycles. The highest BCUT2D eigenvalue weighted by Crippen LogP contribution is 2.31. The van der Waals surface area contributed by atoms with Crippen molar-refractivity contribution in [3.63, 3.8) is 0 Å². The van der Waals surface area contributed by atoms with Gasteiger partial charge in [0.1, 0.15) is 5.82 Å². The Hall–Kier alpha value is -1.09. The molecule has 1 fully saturated rings. The molecule has 1 aromatic rings. The number of pyridine rings is 1. The highest BCUT2D eigenvalue weighted by molar-refractivity contribution is 5.37. The van der Waals surface area contributed by atoms with Crippen LogP contribution in [0.2, 0.25) is 0 Å². The summed E-state index contributed by atoms with van der Waals surface area (Å²) in [6.45, 7) is 4.71. The second-order valence-electron chi connectivity index (χ2n) is 5.04. The number of aromatic nitrogens is 1. The van der Waals surface area contributed by atoms with Crippen LogP contribution >= 0.6 is 0 Å². The minimum Gasteiger partial charge on any atom is -0.363 e. The van der Waals surface area contributed by atoms with Crippen LogP contribution < -0.4 is 4.90 Å². The Balaban J connectivity index is 2.10. The van der Waals surface area contributed by atoms with Gasteiger partial charge in [-0.05, 0) is 44.0 Å². The molecule has 1 aliphatic heterocycles. The molecular weight excluding hydrogens is 210 g/mol. The van der Waals surface area contributed by atoms with Gasteiger partial charge in [0.05, 0.1) is 0 Å². The van der Waals surface area contributed by atoms with E-state index in [0.717, 1.165) is 5.82 Å². The number of anilines is 1. The van der Waals surface area contributed by atoms with Crippen LogP contribution in [-0.4, -0.2) is 37.1 Å². The smallest absolute Gasteiger partial charge is 0.127 e. The highest BCUT2D eigenvalue weighted by Gasteiger charge is 2.25. The molecule has 2 heterocycles. The predicted molar refractivity (Wildman–Crippen MR) is 72.4 cm³/mol. The average molecular weight is 233 g/mol. The van der Waals surface area contributed by atoms with Gasteiger partial charge in [-0.3, -0.25) is 4.90 Å². The van der Waals surface area contributed by atoms with E-state index in [9.17, 15) is 0 Å². The summed E-state index contributed by atoms with van der Waals surface area (Å²) >= 11 is 0. The van der Waals surface area contributed by atoms with Crippen molar-refractivity contribution in [3.05, 3.63) is 23.9 Å². The minimum absolute atomic E-state index is 0.596. The fraction of sp³-hybridized carbons (Fsp3) is 0.643. The van der Waals surface area contributed by atoms with Gasteiger partial charge in [0.15, 0.2) is 0 Å². The normalized spacial score (nSPS) is 20.8. The van der Waals surface area contributed by atoms with E-state index in [-0.39, 0.29) is 0 Å². The minimum atomic E-state index is 0.596. The molecule has 3 heteroatoms. The molecule has 0 spiro atoms. The molecular formula is C14H23N3. The number of nitrogens with zero attached hydrogens (tertiary/aromatic N) is 3. The van der Waals surface area contributed by atoms with Gasteiger partial charge in [0.2, 0.25) is 0 Å². The van der Waals surface area contributed by atoms with Crippen LogP contribution in [0.3, 0.4) is 0 Å². The van der Waals surface area contributed by atoms with Gasteiger partial charge in [-0.15, -0.1) is 0 Å². The summed E-state index contributed by atoms with van der Waals surface area (Å²) in [6, 6.07) is 4.96. The summed E-state index contributed by atoms with van der Waals surface area (Å²) in [7, 11) is 4.06. The number of hydrogen-bond donors (Lipinski definition) is 0. The molecule has 0 amide bonds. The summed E-state index contributed by atoms with van der Waals surface area (Å²) in [5, 5.41) is 0. The lowest BCUT2D eigenvalue weighted by molar-refractivity contribution is 0.257.